The van der Waals surface area contributed by atoms with Crippen LogP contribution >= 0.6 is 11.6 Å². The Morgan fingerprint density at radius 3 is 2.81 bits per heavy atom. The van der Waals surface area contributed by atoms with Crippen LogP contribution in [-0.4, -0.2) is 74.8 Å². The summed E-state index contributed by atoms with van der Waals surface area (Å²) in [7, 11) is 1.82. The largest absolute Gasteiger partial charge is 0.381 e. The highest BCUT2D eigenvalue weighted by atomic mass is 35.5. The fraction of sp³-hybridized carbons (Fsp3) is 0.650. The molecule has 0 spiro atoms. The smallest absolute Gasteiger partial charge is 0.193 e. The Hall–Kier alpha value is -1.37. The van der Waals surface area contributed by atoms with Crippen LogP contribution in [0.3, 0.4) is 0 Å². The van der Waals surface area contributed by atoms with Crippen LogP contribution in [0.4, 0.5) is 4.39 Å². The molecule has 5 nitrogen and oxygen atoms in total. The van der Waals surface area contributed by atoms with E-state index in [1.54, 1.807) is 12.1 Å². The number of benzene rings is 1. The first kappa shape index (κ1) is 19.0. The summed E-state index contributed by atoms with van der Waals surface area (Å²) in [6.45, 7) is 6.97. The lowest BCUT2D eigenvalue weighted by atomic mass is 10.1. The maximum absolute atomic E-state index is 14.1. The molecule has 1 aromatic carbocycles. The topological polar surface area (TPSA) is 40.1 Å². The van der Waals surface area contributed by atoms with E-state index in [1.165, 1.54) is 12.5 Å². The standard InChI is InChI=1S/C20H28ClFN4O/c1-23-20(24-18-11-15(18)19-16(21)3-2-4-17(19)22)26-8-6-25(7-9-26)12-14-5-10-27-13-14/h2-4,14-15,18H,5-13H2,1H3,(H,23,24). The summed E-state index contributed by atoms with van der Waals surface area (Å²) in [6.07, 6.45) is 2.08. The summed E-state index contributed by atoms with van der Waals surface area (Å²) in [5, 5.41) is 4.03. The Balaban J connectivity index is 1.28. The summed E-state index contributed by atoms with van der Waals surface area (Å²) in [5.41, 5.74) is 0.635. The van der Waals surface area contributed by atoms with Crippen molar-refractivity contribution in [3.05, 3.63) is 34.6 Å². The zero-order valence-electron chi connectivity index (χ0n) is 15.8. The van der Waals surface area contributed by atoms with E-state index >= 15 is 0 Å². The van der Waals surface area contributed by atoms with Gasteiger partial charge in [-0.3, -0.25) is 9.89 Å². The SMILES string of the molecule is CN=C(NC1CC1c1c(F)cccc1Cl)N1CCN(CC2CCOC2)CC1. The summed E-state index contributed by atoms with van der Waals surface area (Å²) < 4.78 is 19.6. The molecule has 1 N–H and O–H groups in total. The van der Waals surface area contributed by atoms with Crippen LogP contribution in [0.2, 0.25) is 5.02 Å². The Kier molecular flexibility index (Phi) is 5.85. The second-order valence-corrected chi connectivity index (χ2v) is 8.20. The van der Waals surface area contributed by atoms with Crippen LogP contribution in [0.1, 0.15) is 24.3 Å². The molecule has 7 heteroatoms. The van der Waals surface area contributed by atoms with Crippen molar-refractivity contribution in [2.75, 3.05) is 53.0 Å². The quantitative estimate of drug-likeness (QED) is 0.629. The van der Waals surface area contributed by atoms with E-state index < -0.39 is 0 Å². The van der Waals surface area contributed by atoms with Crippen LogP contribution in [-0.2, 0) is 4.74 Å². The van der Waals surface area contributed by atoms with Gasteiger partial charge in [0.05, 0.1) is 6.61 Å². The first-order valence-corrected chi connectivity index (χ1v) is 10.3. The molecule has 148 valence electrons. The van der Waals surface area contributed by atoms with Gasteiger partial charge in [-0.25, -0.2) is 4.39 Å². The average Bonchev–Trinajstić information content (AvgIpc) is 3.21. The minimum absolute atomic E-state index is 0.124. The van der Waals surface area contributed by atoms with E-state index in [9.17, 15) is 4.39 Å². The zero-order valence-corrected chi connectivity index (χ0v) is 16.6. The second kappa shape index (κ2) is 8.33. The van der Waals surface area contributed by atoms with Gasteiger partial charge in [-0.15, -0.1) is 0 Å². The number of ether oxygens (including phenoxy) is 1. The minimum atomic E-state index is -0.212. The molecule has 3 atom stereocenters. The van der Waals surface area contributed by atoms with E-state index in [0.29, 0.717) is 16.5 Å². The maximum atomic E-state index is 14.1. The molecule has 27 heavy (non-hydrogen) atoms. The molecule has 2 heterocycles. The number of piperazine rings is 1. The van der Waals surface area contributed by atoms with Gasteiger partial charge in [-0.2, -0.15) is 0 Å². The van der Waals surface area contributed by atoms with E-state index in [-0.39, 0.29) is 17.8 Å². The maximum Gasteiger partial charge on any atom is 0.193 e. The Bertz CT molecular complexity index is 666. The molecular formula is C20H28ClFN4O. The number of hydrogen-bond acceptors (Lipinski definition) is 3. The summed E-state index contributed by atoms with van der Waals surface area (Å²) in [5.74, 6) is 1.51. The zero-order chi connectivity index (χ0) is 18.8. The lowest BCUT2D eigenvalue weighted by Gasteiger charge is -2.37. The summed E-state index contributed by atoms with van der Waals surface area (Å²) in [4.78, 5) is 9.29. The number of rotatable bonds is 4. The van der Waals surface area contributed by atoms with Crippen molar-refractivity contribution in [3.8, 4) is 0 Å². The van der Waals surface area contributed by atoms with Gasteiger partial charge in [0.25, 0.3) is 0 Å². The predicted molar refractivity (Wildman–Crippen MR) is 106 cm³/mol. The molecule has 3 unspecified atom stereocenters. The molecule has 3 fully saturated rings. The molecule has 3 aliphatic rings. The molecule has 0 radical (unpaired) electrons. The fourth-order valence-corrected chi connectivity index (χ4v) is 4.54. The van der Waals surface area contributed by atoms with Crippen molar-refractivity contribution in [1.82, 2.24) is 15.1 Å². The van der Waals surface area contributed by atoms with Gasteiger partial charge >= 0.3 is 0 Å². The molecular weight excluding hydrogens is 367 g/mol. The Morgan fingerprint density at radius 1 is 1.33 bits per heavy atom. The van der Waals surface area contributed by atoms with Gasteiger partial charge in [-0.1, -0.05) is 17.7 Å². The number of guanidine groups is 1. The van der Waals surface area contributed by atoms with Crippen molar-refractivity contribution in [3.63, 3.8) is 0 Å². The lowest BCUT2D eigenvalue weighted by molar-refractivity contribution is 0.139. The minimum Gasteiger partial charge on any atom is -0.381 e. The van der Waals surface area contributed by atoms with Crippen molar-refractivity contribution in [2.24, 2.45) is 10.9 Å². The van der Waals surface area contributed by atoms with Crippen molar-refractivity contribution < 1.29 is 9.13 Å². The van der Waals surface area contributed by atoms with Crippen LogP contribution in [0.5, 0.6) is 0 Å². The Morgan fingerprint density at radius 2 is 2.15 bits per heavy atom. The van der Waals surface area contributed by atoms with Crippen molar-refractivity contribution >= 4 is 17.6 Å². The van der Waals surface area contributed by atoms with Gasteiger partial charge in [0.1, 0.15) is 5.82 Å². The molecule has 1 aliphatic carbocycles. The van der Waals surface area contributed by atoms with Gasteiger partial charge < -0.3 is 15.0 Å². The first-order chi connectivity index (χ1) is 13.2. The number of nitrogens with one attached hydrogen (secondary N) is 1. The molecule has 0 bridgehead atoms. The highest BCUT2D eigenvalue weighted by Crippen LogP contribution is 2.45. The third kappa shape index (κ3) is 4.39. The monoisotopic (exact) mass is 394 g/mol. The Labute approximate surface area is 165 Å². The highest BCUT2D eigenvalue weighted by molar-refractivity contribution is 6.31. The fourth-order valence-electron chi connectivity index (χ4n) is 4.24. The van der Waals surface area contributed by atoms with Crippen LogP contribution < -0.4 is 5.32 Å². The number of hydrogen-bond donors (Lipinski definition) is 1. The summed E-state index contributed by atoms with van der Waals surface area (Å²) in [6, 6.07) is 5.10. The van der Waals surface area contributed by atoms with Gasteiger partial charge in [-0.05, 0) is 30.9 Å². The summed E-state index contributed by atoms with van der Waals surface area (Å²) >= 11 is 6.21. The second-order valence-electron chi connectivity index (χ2n) is 7.79. The van der Waals surface area contributed by atoms with E-state index in [4.69, 9.17) is 16.3 Å². The van der Waals surface area contributed by atoms with E-state index in [1.807, 2.05) is 7.05 Å². The highest BCUT2D eigenvalue weighted by Gasteiger charge is 2.42. The predicted octanol–water partition coefficient (Wildman–Crippen LogP) is 2.56. The van der Waals surface area contributed by atoms with Crippen molar-refractivity contribution in [1.29, 1.82) is 0 Å². The van der Waals surface area contributed by atoms with E-state index in [2.05, 4.69) is 20.1 Å². The lowest BCUT2D eigenvalue weighted by Crippen LogP contribution is -2.53. The molecule has 2 aliphatic heterocycles. The number of nitrogens with zero attached hydrogens (tertiary/aromatic N) is 3. The van der Waals surface area contributed by atoms with Gasteiger partial charge in [0, 0.05) is 68.9 Å². The van der Waals surface area contributed by atoms with Crippen LogP contribution in [0.25, 0.3) is 0 Å². The third-order valence-electron chi connectivity index (χ3n) is 5.90. The van der Waals surface area contributed by atoms with E-state index in [0.717, 1.165) is 58.3 Å². The first-order valence-electron chi connectivity index (χ1n) is 9.88. The van der Waals surface area contributed by atoms with Crippen LogP contribution in [0.15, 0.2) is 23.2 Å². The van der Waals surface area contributed by atoms with Crippen LogP contribution in [0, 0.1) is 11.7 Å². The van der Waals surface area contributed by atoms with Crippen molar-refractivity contribution in [2.45, 2.75) is 24.8 Å². The molecule has 4 rings (SSSR count). The average molecular weight is 395 g/mol. The molecule has 1 aromatic rings. The molecule has 0 amide bonds. The molecule has 1 saturated carbocycles. The normalized spacial score (nSPS) is 29.2. The third-order valence-corrected chi connectivity index (χ3v) is 6.23. The van der Waals surface area contributed by atoms with Gasteiger partial charge in [0.15, 0.2) is 5.96 Å². The number of halogens is 2. The molecule has 2 saturated heterocycles. The molecule has 0 aromatic heterocycles. The van der Waals surface area contributed by atoms with Gasteiger partial charge in [0.2, 0.25) is 0 Å². The number of aliphatic imine (C=N–C) groups is 1.